The predicted octanol–water partition coefficient (Wildman–Crippen LogP) is 4.45. The average Bonchev–Trinajstić information content (AvgIpc) is 3.00. The lowest BCUT2D eigenvalue weighted by atomic mass is 10.1. The fraction of sp³-hybridized carbons (Fsp3) is 0.471. The van der Waals surface area contributed by atoms with Gasteiger partial charge >= 0.3 is 0 Å². The average molecular weight is 366 g/mol. The summed E-state index contributed by atoms with van der Waals surface area (Å²) in [7, 11) is 0. The summed E-state index contributed by atoms with van der Waals surface area (Å²) in [6, 6.07) is 5.98. The van der Waals surface area contributed by atoms with Crippen molar-refractivity contribution in [1.82, 2.24) is 10.2 Å². The highest BCUT2D eigenvalue weighted by atomic mass is 32.2. The molecule has 2 rings (SSSR count). The van der Waals surface area contributed by atoms with Crippen molar-refractivity contribution in [3.8, 4) is 5.75 Å². The van der Waals surface area contributed by atoms with Crippen LogP contribution in [-0.2, 0) is 4.79 Å². The van der Waals surface area contributed by atoms with Crippen molar-refractivity contribution in [1.29, 1.82) is 0 Å². The van der Waals surface area contributed by atoms with Crippen LogP contribution in [0.4, 0.5) is 5.13 Å². The van der Waals surface area contributed by atoms with Gasteiger partial charge in [-0.2, -0.15) is 0 Å². The number of carbonyl (C=O) groups excluding carboxylic acids is 1. The maximum Gasteiger partial charge on any atom is 0.267 e. The van der Waals surface area contributed by atoms with Gasteiger partial charge in [0, 0.05) is 5.75 Å². The molecule has 1 amide bonds. The van der Waals surface area contributed by atoms with E-state index < -0.39 is 6.10 Å². The number of amides is 1. The first-order valence-corrected chi connectivity index (χ1v) is 9.84. The summed E-state index contributed by atoms with van der Waals surface area (Å²) >= 11 is 3.05. The molecule has 130 valence electrons. The van der Waals surface area contributed by atoms with Crippen LogP contribution in [0.2, 0.25) is 0 Å². The van der Waals surface area contributed by atoms with Gasteiger partial charge in [-0.3, -0.25) is 10.1 Å². The van der Waals surface area contributed by atoms with E-state index in [4.69, 9.17) is 4.74 Å². The Kier molecular flexibility index (Phi) is 7.05. The van der Waals surface area contributed by atoms with Crippen molar-refractivity contribution in [3.63, 3.8) is 0 Å². The van der Waals surface area contributed by atoms with Crippen LogP contribution in [0.1, 0.15) is 37.8 Å². The molecule has 0 aliphatic rings. The van der Waals surface area contributed by atoms with E-state index in [1.807, 2.05) is 39.0 Å². The molecule has 2 aromatic rings. The maximum atomic E-state index is 12.5. The third-order valence-corrected chi connectivity index (χ3v) is 5.52. The number of hydrogen-bond donors (Lipinski definition) is 1. The van der Waals surface area contributed by atoms with Crippen LogP contribution in [0.25, 0.3) is 0 Å². The van der Waals surface area contributed by atoms with Crippen LogP contribution >= 0.6 is 23.1 Å². The van der Waals surface area contributed by atoms with Crippen LogP contribution in [0.15, 0.2) is 22.5 Å². The molecule has 24 heavy (non-hydrogen) atoms. The van der Waals surface area contributed by atoms with Crippen LogP contribution in [0.5, 0.6) is 5.75 Å². The van der Waals surface area contributed by atoms with E-state index in [2.05, 4.69) is 22.4 Å². The van der Waals surface area contributed by atoms with Crippen molar-refractivity contribution in [2.75, 3.05) is 11.1 Å². The van der Waals surface area contributed by atoms with Gasteiger partial charge in [-0.15, -0.1) is 10.2 Å². The fourth-order valence-electron chi connectivity index (χ4n) is 2.00. The summed E-state index contributed by atoms with van der Waals surface area (Å²) in [6.45, 7) is 8.02. The SMILES string of the molecule is CCCSc1nnc(NC(=O)[C@H](CC)Oc2cc(C)ccc2C)s1. The van der Waals surface area contributed by atoms with Gasteiger partial charge in [0.25, 0.3) is 5.91 Å². The fourth-order valence-corrected chi connectivity index (χ4v) is 3.68. The number of rotatable bonds is 8. The summed E-state index contributed by atoms with van der Waals surface area (Å²) < 4.78 is 6.79. The molecule has 0 fully saturated rings. The minimum atomic E-state index is -0.554. The number of aryl methyl sites for hydroxylation is 2. The number of aromatic nitrogens is 2. The zero-order valence-electron chi connectivity index (χ0n) is 14.5. The topological polar surface area (TPSA) is 64.1 Å². The van der Waals surface area contributed by atoms with E-state index in [0.29, 0.717) is 11.6 Å². The number of hydrogen-bond acceptors (Lipinski definition) is 6. The quantitative estimate of drug-likeness (QED) is 0.553. The van der Waals surface area contributed by atoms with Crippen molar-refractivity contribution >= 4 is 34.1 Å². The van der Waals surface area contributed by atoms with E-state index in [9.17, 15) is 4.79 Å². The largest absolute Gasteiger partial charge is 0.480 e. The van der Waals surface area contributed by atoms with E-state index in [1.54, 1.807) is 11.8 Å². The summed E-state index contributed by atoms with van der Waals surface area (Å²) in [5.74, 6) is 1.55. The first-order chi connectivity index (χ1) is 11.5. The van der Waals surface area contributed by atoms with Crippen LogP contribution < -0.4 is 10.1 Å². The van der Waals surface area contributed by atoms with Crippen LogP contribution in [0.3, 0.4) is 0 Å². The van der Waals surface area contributed by atoms with Crippen molar-refractivity contribution < 1.29 is 9.53 Å². The Balaban J connectivity index is 2.00. The zero-order chi connectivity index (χ0) is 17.5. The number of carbonyl (C=O) groups is 1. The first kappa shape index (κ1) is 18.7. The number of nitrogens with zero attached hydrogens (tertiary/aromatic N) is 2. The smallest absolute Gasteiger partial charge is 0.267 e. The Morgan fingerprint density at radius 1 is 1.33 bits per heavy atom. The highest BCUT2D eigenvalue weighted by Crippen LogP contribution is 2.26. The van der Waals surface area contributed by atoms with Gasteiger partial charge in [0.15, 0.2) is 10.4 Å². The third-order valence-electron chi connectivity index (χ3n) is 3.34. The van der Waals surface area contributed by atoms with Crippen LogP contribution in [-0.4, -0.2) is 28.0 Å². The number of ether oxygens (including phenoxy) is 1. The Bertz CT molecular complexity index is 688. The minimum Gasteiger partial charge on any atom is -0.480 e. The highest BCUT2D eigenvalue weighted by Gasteiger charge is 2.21. The Morgan fingerprint density at radius 3 is 2.83 bits per heavy atom. The Labute approximate surface area is 151 Å². The van der Waals surface area contributed by atoms with Crippen molar-refractivity contribution in [2.45, 2.75) is 51.0 Å². The second-order valence-electron chi connectivity index (χ2n) is 5.49. The second kappa shape index (κ2) is 9.03. The molecule has 0 saturated heterocycles. The van der Waals surface area contributed by atoms with Gasteiger partial charge in [0.2, 0.25) is 5.13 Å². The molecule has 0 aliphatic heterocycles. The molecule has 7 heteroatoms. The molecule has 1 aromatic heterocycles. The summed E-state index contributed by atoms with van der Waals surface area (Å²) in [5.41, 5.74) is 2.12. The van der Waals surface area contributed by atoms with Crippen molar-refractivity contribution in [3.05, 3.63) is 29.3 Å². The molecule has 0 spiro atoms. The lowest BCUT2D eigenvalue weighted by molar-refractivity contribution is -0.122. The van der Waals surface area contributed by atoms with E-state index in [-0.39, 0.29) is 5.91 Å². The lowest BCUT2D eigenvalue weighted by Gasteiger charge is -2.18. The normalized spacial score (nSPS) is 12.0. The van der Waals surface area contributed by atoms with Gasteiger partial charge in [-0.1, -0.05) is 49.1 Å². The molecular formula is C17H23N3O2S2. The van der Waals surface area contributed by atoms with Gasteiger partial charge < -0.3 is 4.74 Å². The number of anilines is 1. The van der Waals surface area contributed by atoms with E-state index in [0.717, 1.165) is 33.4 Å². The standard InChI is InChI=1S/C17H23N3O2S2/c1-5-9-23-17-20-19-16(24-17)18-15(21)13(6-2)22-14-10-11(3)7-8-12(14)4/h7-8,10,13H,5-6,9H2,1-4H3,(H,18,19,21)/t13-/m0/s1. The lowest BCUT2D eigenvalue weighted by Crippen LogP contribution is -2.32. The Hall–Kier alpha value is -1.60. The van der Waals surface area contributed by atoms with E-state index in [1.165, 1.54) is 11.3 Å². The van der Waals surface area contributed by atoms with Crippen LogP contribution in [0, 0.1) is 13.8 Å². The summed E-state index contributed by atoms with van der Waals surface area (Å²) in [5, 5.41) is 11.4. The third kappa shape index (κ3) is 5.21. The monoisotopic (exact) mass is 365 g/mol. The first-order valence-electron chi connectivity index (χ1n) is 8.04. The summed E-state index contributed by atoms with van der Waals surface area (Å²) in [6.07, 6.45) is 1.10. The molecule has 1 atom stereocenters. The highest BCUT2D eigenvalue weighted by molar-refractivity contribution is 8.01. The van der Waals surface area contributed by atoms with Crippen molar-refractivity contribution in [2.24, 2.45) is 0 Å². The maximum absolute atomic E-state index is 12.5. The molecule has 5 nitrogen and oxygen atoms in total. The van der Waals surface area contributed by atoms with Gasteiger partial charge in [-0.25, -0.2) is 0 Å². The summed E-state index contributed by atoms with van der Waals surface area (Å²) in [4.78, 5) is 12.5. The predicted molar refractivity (Wildman–Crippen MR) is 100 cm³/mol. The molecule has 1 N–H and O–H groups in total. The molecule has 0 saturated carbocycles. The zero-order valence-corrected chi connectivity index (χ0v) is 16.1. The molecule has 1 heterocycles. The minimum absolute atomic E-state index is 0.193. The molecule has 0 bridgehead atoms. The number of benzene rings is 1. The molecule has 1 aromatic carbocycles. The molecular weight excluding hydrogens is 342 g/mol. The van der Waals surface area contributed by atoms with Gasteiger partial charge in [0.05, 0.1) is 0 Å². The second-order valence-corrected chi connectivity index (χ2v) is 7.81. The van der Waals surface area contributed by atoms with E-state index >= 15 is 0 Å². The van der Waals surface area contributed by atoms with Gasteiger partial charge in [-0.05, 0) is 43.9 Å². The number of nitrogens with one attached hydrogen (secondary N) is 1. The van der Waals surface area contributed by atoms with Gasteiger partial charge in [0.1, 0.15) is 5.75 Å². The molecule has 0 radical (unpaired) electrons. The molecule has 0 aliphatic carbocycles. The number of thioether (sulfide) groups is 1. The molecule has 0 unspecified atom stereocenters. The Morgan fingerprint density at radius 2 is 2.12 bits per heavy atom.